The number of nitrogens with zero attached hydrogens (tertiary/aromatic N) is 2. The number of benzene rings is 2. The molecule has 0 aliphatic rings. The molecule has 0 aliphatic carbocycles. The second-order valence-corrected chi connectivity index (χ2v) is 6.08. The predicted octanol–water partition coefficient (Wildman–Crippen LogP) is 3.86. The molecule has 2 heterocycles. The molecule has 4 rings (SSSR count). The van der Waals surface area contributed by atoms with Gasteiger partial charge >= 0.3 is 6.03 Å². The van der Waals surface area contributed by atoms with E-state index in [1.807, 2.05) is 24.3 Å². The molecular weight excluding hydrogens is 356 g/mol. The molecule has 0 fully saturated rings. The summed E-state index contributed by atoms with van der Waals surface area (Å²) in [5.74, 6) is 1.07. The number of anilines is 3. The summed E-state index contributed by atoms with van der Waals surface area (Å²) in [5, 5.41) is 13.2. The van der Waals surface area contributed by atoms with Gasteiger partial charge in [0.05, 0.1) is 23.7 Å². The van der Waals surface area contributed by atoms with Gasteiger partial charge in [-0.15, -0.1) is 0 Å². The first kappa shape index (κ1) is 17.3. The van der Waals surface area contributed by atoms with Crippen LogP contribution in [-0.2, 0) is 0 Å². The van der Waals surface area contributed by atoms with Gasteiger partial charge in [-0.1, -0.05) is 18.2 Å². The van der Waals surface area contributed by atoms with Crippen LogP contribution in [-0.4, -0.2) is 28.3 Å². The maximum Gasteiger partial charge on any atom is 0.323 e. The van der Waals surface area contributed by atoms with Gasteiger partial charge in [-0.25, -0.2) is 4.79 Å². The lowest BCUT2D eigenvalue weighted by molar-refractivity contribution is 0.262. The Morgan fingerprint density at radius 1 is 1.07 bits per heavy atom. The lowest BCUT2D eigenvalue weighted by Crippen LogP contribution is -2.19. The third-order valence-corrected chi connectivity index (χ3v) is 4.25. The molecule has 28 heavy (non-hydrogen) atoms. The Kier molecular flexibility index (Phi) is 4.51. The number of rotatable bonds is 4. The van der Waals surface area contributed by atoms with E-state index in [2.05, 4.69) is 25.8 Å². The molecule has 2 amide bonds. The smallest absolute Gasteiger partial charge is 0.323 e. The highest BCUT2D eigenvalue weighted by Gasteiger charge is 2.11. The summed E-state index contributed by atoms with van der Waals surface area (Å²) in [6.45, 7) is 0. The number of nitrogens with two attached hydrogens (primary N) is 1. The molecule has 0 saturated carbocycles. The van der Waals surface area contributed by atoms with Gasteiger partial charge in [0.2, 0.25) is 0 Å². The van der Waals surface area contributed by atoms with Gasteiger partial charge in [-0.05, 0) is 30.3 Å². The molecule has 0 saturated heterocycles. The second-order valence-electron chi connectivity index (χ2n) is 6.08. The van der Waals surface area contributed by atoms with E-state index in [1.54, 1.807) is 43.6 Å². The molecule has 0 radical (unpaired) electrons. The Morgan fingerprint density at radius 2 is 1.86 bits per heavy atom. The van der Waals surface area contributed by atoms with E-state index in [9.17, 15) is 4.79 Å². The molecule has 0 spiro atoms. The number of hydrogen-bond acceptors (Lipinski definition) is 5. The van der Waals surface area contributed by atoms with Crippen LogP contribution in [0.1, 0.15) is 0 Å². The first-order valence-corrected chi connectivity index (χ1v) is 8.55. The van der Waals surface area contributed by atoms with Crippen LogP contribution in [0, 0.1) is 0 Å². The number of ether oxygens (including phenoxy) is 1. The number of methoxy groups -OCH3 is 1. The average molecular weight is 374 g/mol. The minimum atomic E-state index is -0.347. The number of nitrogens with one attached hydrogen (secondary N) is 3. The van der Waals surface area contributed by atoms with Gasteiger partial charge in [-0.2, -0.15) is 5.10 Å². The Hall–Kier alpha value is -4.07. The summed E-state index contributed by atoms with van der Waals surface area (Å²) >= 11 is 0. The van der Waals surface area contributed by atoms with Gasteiger partial charge < -0.3 is 21.1 Å². The highest BCUT2D eigenvalue weighted by Crippen LogP contribution is 2.29. The lowest BCUT2D eigenvalue weighted by Gasteiger charge is -2.09. The number of urea groups is 1. The van der Waals surface area contributed by atoms with Crippen LogP contribution in [0.15, 0.2) is 60.8 Å². The third kappa shape index (κ3) is 3.43. The average Bonchev–Trinajstić information content (AvgIpc) is 3.10. The zero-order valence-corrected chi connectivity index (χ0v) is 15.1. The molecule has 8 heteroatoms. The second kappa shape index (κ2) is 7.28. The van der Waals surface area contributed by atoms with Crippen molar-refractivity contribution in [1.29, 1.82) is 0 Å². The molecule has 2 aromatic heterocycles. The first-order valence-electron chi connectivity index (χ1n) is 8.55. The number of carbonyl (C=O) groups excluding carboxylic acids is 1. The molecule has 5 N–H and O–H groups in total. The van der Waals surface area contributed by atoms with Gasteiger partial charge in [-0.3, -0.25) is 10.1 Å². The van der Waals surface area contributed by atoms with Crippen LogP contribution in [0.4, 0.5) is 22.0 Å². The molecule has 2 aromatic carbocycles. The minimum Gasteiger partial charge on any atom is -0.497 e. The topological polar surface area (TPSA) is 118 Å². The Bertz CT molecular complexity index is 1140. The Balaban J connectivity index is 1.50. The fourth-order valence-electron chi connectivity index (χ4n) is 2.92. The van der Waals surface area contributed by atoms with Crippen molar-refractivity contribution in [3.63, 3.8) is 0 Å². The van der Waals surface area contributed by atoms with Crippen molar-refractivity contribution in [1.82, 2.24) is 15.2 Å². The van der Waals surface area contributed by atoms with Crippen LogP contribution in [0.5, 0.6) is 5.75 Å². The highest BCUT2D eigenvalue weighted by molar-refractivity contribution is 6.01. The minimum absolute atomic E-state index is 0.347. The van der Waals surface area contributed by atoms with Crippen LogP contribution in [0.2, 0.25) is 0 Å². The van der Waals surface area contributed by atoms with Crippen molar-refractivity contribution >= 4 is 34.1 Å². The molecule has 0 atom stereocenters. The van der Waals surface area contributed by atoms with E-state index in [0.717, 1.165) is 22.2 Å². The molecule has 8 nitrogen and oxygen atoms in total. The molecule has 0 bridgehead atoms. The number of H-pyrrole nitrogens is 1. The Labute approximate surface area is 160 Å². The van der Waals surface area contributed by atoms with Crippen molar-refractivity contribution in [2.24, 2.45) is 0 Å². The number of aromatic nitrogens is 3. The van der Waals surface area contributed by atoms with Crippen LogP contribution < -0.4 is 21.1 Å². The normalized spacial score (nSPS) is 10.6. The number of hydrogen-bond donors (Lipinski definition) is 4. The van der Waals surface area contributed by atoms with E-state index >= 15 is 0 Å². The van der Waals surface area contributed by atoms with Crippen molar-refractivity contribution in [2.45, 2.75) is 0 Å². The van der Waals surface area contributed by atoms with Gasteiger partial charge in [0, 0.05) is 29.2 Å². The van der Waals surface area contributed by atoms with Crippen LogP contribution >= 0.6 is 0 Å². The zero-order chi connectivity index (χ0) is 19.5. The SMILES string of the molecule is COc1cccc(NC(=O)Nc2ccc(-c3nccc4[nH]nc(N)c34)cc2)c1. The quantitative estimate of drug-likeness (QED) is 0.433. The Morgan fingerprint density at radius 3 is 2.64 bits per heavy atom. The number of nitrogen functional groups attached to an aromatic ring is 1. The maximum atomic E-state index is 12.2. The van der Waals surface area contributed by atoms with Crippen LogP contribution in [0.3, 0.4) is 0 Å². The van der Waals surface area contributed by atoms with E-state index in [4.69, 9.17) is 10.5 Å². The summed E-state index contributed by atoms with van der Waals surface area (Å²) in [5.41, 5.74) is 9.66. The van der Waals surface area contributed by atoms with Crippen molar-refractivity contribution in [3.8, 4) is 17.0 Å². The van der Waals surface area contributed by atoms with Gasteiger partial charge in [0.25, 0.3) is 0 Å². The van der Waals surface area contributed by atoms with E-state index in [0.29, 0.717) is 22.9 Å². The number of aromatic amines is 1. The molecule has 0 unspecified atom stereocenters. The monoisotopic (exact) mass is 374 g/mol. The molecule has 4 aromatic rings. The fraction of sp³-hybridized carbons (Fsp3) is 0.0500. The fourth-order valence-corrected chi connectivity index (χ4v) is 2.92. The molecule has 0 aliphatic heterocycles. The number of pyridine rings is 1. The van der Waals surface area contributed by atoms with Crippen molar-refractivity contribution < 1.29 is 9.53 Å². The van der Waals surface area contributed by atoms with E-state index in [-0.39, 0.29) is 6.03 Å². The number of carbonyl (C=O) groups is 1. The molecular formula is C20H18N6O2. The standard InChI is InChI=1S/C20H18N6O2/c1-28-15-4-2-3-14(11-15)24-20(27)23-13-7-5-12(6-8-13)18-17-16(9-10-22-18)25-26-19(17)21/h2-11H,1H3,(H3,21,25,26)(H2,23,24,27). The van der Waals surface area contributed by atoms with E-state index in [1.165, 1.54) is 0 Å². The van der Waals surface area contributed by atoms with Gasteiger partial charge in [0.15, 0.2) is 5.82 Å². The number of amides is 2. The highest BCUT2D eigenvalue weighted by atomic mass is 16.5. The van der Waals surface area contributed by atoms with Gasteiger partial charge in [0.1, 0.15) is 5.75 Å². The van der Waals surface area contributed by atoms with E-state index < -0.39 is 0 Å². The molecule has 140 valence electrons. The largest absolute Gasteiger partial charge is 0.497 e. The first-order chi connectivity index (χ1) is 13.6. The maximum absolute atomic E-state index is 12.2. The lowest BCUT2D eigenvalue weighted by atomic mass is 10.1. The summed E-state index contributed by atoms with van der Waals surface area (Å²) in [6, 6.07) is 16.0. The van der Waals surface area contributed by atoms with Crippen molar-refractivity contribution in [2.75, 3.05) is 23.5 Å². The third-order valence-electron chi connectivity index (χ3n) is 4.25. The zero-order valence-electron chi connectivity index (χ0n) is 15.1. The summed E-state index contributed by atoms with van der Waals surface area (Å²) < 4.78 is 5.15. The summed E-state index contributed by atoms with van der Waals surface area (Å²) in [6.07, 6.45) is 1.70. The summed E-state index contributed by atoms with van der Waals surface area (Å²) in [7, 11) is 1.58. The number of fused-ring (bicyclic) bond motifs is 1. The summed E-state index contributed by atoms with van der Waals surface area (Å²) in [4.78, 5) is 16.6. The predicted molar refractivity (Wildman–Crippen MR) is 109 cm³/mol. The van der Waals surface area contributed by atoms with Crippen molar-refractivity contribution in [3.05, 3.63) is 60.8 Å². The van der Waals surface area contributed by atoms with Crippen LogP contribution in [0.25, 0.3) is 22.2 Å².